The molecule has 0 unspecified atom stereocenters. The second-order valence-electron chi connectivity index (χ2n) is 4.67. The lowest BCUT2D eigenvalue weighted by molar-refractivity contribution is -0.142. The maximum absolute atomic E-state index is 11.9. The fourth-order valence-electron chi connectivity index (χ4n) is 2.18. The van der Waals surface area contributed by atoms with Crippen LogP contribution in [0.3, 0.4) is 0 Å². The van der Waals surface area contributed by atoms with Gasteiger partial charge >= 0.3 is 5.97 Å². The Kier molecular flexibility index (Phi) is 4.34. The molecule has 20 heavy (non-hydrogen) atoms. The SMILES string of the molecule is O=C(CN1CCCC1=O)N[C@@H](C(=O)O)c1ccccc1. The molecule has 1 aromatic carbocycles. The van der Waals surface area contributed by atoms with Gasteiger partial charge in [0.1, 0.15) is 0 Å². The van der Waals surface area contributed by atoms with E-state index in [1.54, 1.807) is 30.3 Å². The van der Waals surface area contributed by atoms with Gasteiger partial charge in [-0.25, -0.2) is 4.79 Å². The van der Waals surface area contributed by atoms with Gasteiger partial charge in [-0.1, -0.05) is 30.3 Å². The Labute approximate surface area is 116 Å². The van der Waals surface area contributed by atoms with Crippen molar-refractivity contribution in [3.8, 4) is 0 Å². The number of aliphatic carboxylic acids is 1. The predicted octanol–water partition coefficient (Wildman–Crippen LogP) is 0.551. The number of carbonyl (C=O) groups excluding carboxylic acids is 2. The number of nitrogens with zero attached hydrogens (tertiary/aromatic N) is 1. The standard InChI is InChI=1S/C14H16N2O4/c17-11(9-16-8-4-7-12(16)18)15-13(14(19)20)10-5-2-1-3-6-10/h1-3,5-6,13H,4,7-9H2,(H,15,17)(H,19,20)/t13-/m1/s1. The van der Waals surface area contributed by atoms with E-state index in [1.807, 2.05) is 0 Å². The average molecular weight is 276 g/mol. The summed E-state index contributed by atoms with van der Waals surface area (Å²) in [5, 5.41) is 11.6. The monoisotopic (exact) mass is 276 g/mol. The lowest BCUT2D eigenvalue weighted by atomic mass is 10.1. The zero-order chi connectivity index (χ0) is 14.5. The molecule has 106 valence electrons. The van der Waals surface area contributed by atoms with Gasteiger partial charge in [0.05, 0.1) is 6.54 Å². The van der Waals surface area contributed by atoms with Crippen LogP contribution >= 0.6 is 0 Å². The van der Waals surface area contributed by atoms with Crippen LogP contribution in [-0.4, -0.2) is 40.9 Å². The number of nitrogens with one attached hydrogen (secondary N) is 1. The predicted molar refractivity (Wildman–Crippen MR) is 70.8 cm³/mol. The fraction of sp³-hybridized carbons (Fsp3) is 0.357. The third-order valence-electron chi connectivity index (χ3n) is 3.19. The van der Waals surface area contributed by atoms with Gasteiger partial charge in [0.25, 0.3) is 0 Å². The molecule has 1 fully saturated rings. The molecule has 1 aromatic rings. The second kappa shape index (κ2) is 6.18. The van der Waals surface area contributed by atoms with Gasteiger partial charge in [0.2, 0.25) is 11.8 Å². The van der Waals surface area contributed by atoms with Crippen molar-refractivity contribution in [3.63, 3.8) is 0 Å². The van der Waals surface area contributed by atoms with Gasteiger partial charge < -0.3 is 15.3 Å². The molecule has 1 heterocycles. The molecule has 0 bridgehead atoms. The minimum absolute atomic E-state index is 0.0632. The first-order chi connectivity index (χ1) is 9.58. The van der Waals surface area contributed by atoms with E-state index in [0.29, 0.717) is 18.5 Å². The number of rotatable bonds is 5. The molecule has 0 aromatic heterocycles. The van der Waals surface area contributed by atoms with Crippen molar-refractivity contribution in [1.29, 1.82) is 0 Å². The molecule has 2 amide bonds. The van der Waals surface area contributed by atoms with Crippen molar-refractivity contribution >= 4 is 17.8 Å². The van der Waals surface area contributed by atoms with Gasteiger partial charge in [-0.3, -0.25) is 9.59 Å². The van der Waals surface area contributed by atoms with Gasteiger partial charge in [0, 0.05) is 13.0 Å². The summed E-state index contributed by atoms with van der Waals surface area (Å²) in [5.74, 6) is -1.65. The van der Waals surface area contributed by atoms with Crippen LogP contribution in [-0.2, 0) is 14.4 Å². The lowest BCUT2D eigenvalue weighted by Crippen LogP contribution is -2.41. The molecule has 2 rings (SSSR count). The van der Waals surface area contributed by atoms with Crippen LogP contribution in [0.2, 0.25) is 0 Å². The van der Waals surface area contributed by atoms with Crippen molar-refractivity contribution in [2.45, 2.75) is 18.9 Å². The molecule has 0 aliphatic carbocycles. The van der Waals surface area contributed by atoms with E-state index in [9.17, 15) is 19.5 Å². The maximum atomic E-state index is 11.9. The third kappa shape index (κ3) is 3.34. The quantitative estimate of drug-likeness (QED) is 0.822. The van der Waals surface area contributed by atoms with E-state index in [4.69, 9.17) is 0 Å². The number of carbonyl (C=O) groups is 3. The molecule has 2 N–H and O–H groups in total. The summed E-state index contributed by atoms with van der Waals surface area (Å²) in [7, 11) is 0. The highest BCUT2D eigenvalue weighted by Crippen LogP contribution is 2.13. The molecule has 0 saturated carbocycles. The molecular formula is C14H16N2O4. The molecule has 6 nitrogen and oxygen atoms in total. The van der Waals surface area contributed by atoms with Crippen molar-refractivity contribution in [3.05, 3.63) is 35.9 Å². The molecular weight excluding hydrogens is 260 g/mol. The van der Waals surface area contributed by atoms with Gasteiger partial charge in [0.15, 0.2) is 6.04 Å². The van der Waals surface area contributed by atoms with E-state index < -0.39 is 17.9 Å². The highest BCUT2D eigenvalue weighted by molar-refractivity contribution is 5.89. The first-order valence-electron chi connectivity index (χ1n) is 6.43. The molecule has 1 aliphatic rings. The number of carboxylic acids is 1. The number of carboxylic acid groups (broad SMARTS) is 1. The lowest BCUT2D eigenvalue weighted by Gasteiger charge is -2.18. The maximum Gasteiger partial charge on any atom is 0.330 e. The third-order valence-corrected chi connectivity index (χ3v) is 3.19. The summed E-state index contributed by atoms with van der Waals surface area (Å²) >= 11 is 0. The van der Waals surface area contributed by atoms with Crippen LogP contribution in [0.5, 0.6) is 0 Å². The van der Waals surface area contributed by atoms with Crippen LogP contribution in [0.1, 0.15) is 24.4 Å². The van der Waals surface area contributed by atoms with Crippen molar-refractivity contribution in [2.24, 2.45) is 0 Å². The van der Waals surface area contributed by atoms with Gasteiger partial charge in [-0.2, -0.15) is 0 Å². The van der Waals surface area contributed by atoms with E-state index >= 15 is 0 Å². The highest BCUT2D eigenvalue weighted by Gasteiger charge is 2.26. The Morgan fingerprint density at radius 2 is 2.00 bits per heavy atom. The molecule has 1 saturated heterocycles. The molecule has 0 radical (unpaired) electrons. The highest BCUT2D eigenvalue weighted by atomic mass is 16.4. The minimum atomic E-state index is -1.13. The summed E-state index contributed by atoms with van der Waals surface area (Å²) < 4.78 is 0. The van der Waals surface area contributed by atoms with Gasteiger partial charge in [-0.15, -0.1) is 0 Å². The molecule has 6 heteroatoms. The van der Waals surface area contributed by atoms with Crippen molar-refractivity contribution in [1.82, 2.24) is 10.2 Å². The zero-order valence-electron chi connectivity index (χ0n) is 10.9. The van der Waals surface area contributed by atoms with Crippen LogP contribution in [0.25, 0.3) is 0 Å². The molecule has 1 aliphatic heterocycles. The van der Waals surface area contributed by atoms with E-state index in [0.717, 1.165) is 6.42 Å². The normalized spacial score (nSPS) is 16.0. The number of benzene rings is 1. The first kappa shape index (κ1) is 14.0. The van der Waals surface area contributed by atoms with E-state index in [1.165, 1.54) is 4.90 Å². The summed E-state index contributed by atoms with van der Waals surface area (Å²) in [5.41, 5.74) is 0.501. The minimum Gasteiger partial charge on any atom is -0.479 e. The summed E-state index contributed by atoms with van der Waals surface area (Å²) in [4.78, 5) is 36.0. The molecule has 0 spiro atoms. The Hall–Kier alpha value is -2.37. The Morgan fingerprint density at radius 3 is 2.55 bits per heavy atom. The van der Waals surface area contributed by atoms with Crippen LogP contribution < -0.4 is 5.32 Å². The van der Waals surface area contributed by atoms with E-state index in [2.05, 4.69) is 5.32 Å². The van der Waals surface area contributed by atoms with Crippen molar-refractivity contribution < 1.29 is 19.5 Å². The average Bonchev–Trinajstić information content (AvgIpc) is 2.82. The summed E-state index contributed by atoms with van der Waals surface area (Å²) in [6.07, 6.45) is 1.20. The smallest absolute Gasteiger partial charge is 0.330 e. The Bertz CT molecular complexity index is 515. The number of amides is 2. The molecule has 1 atom stereocenters. The largest absolute Gasteiger partial charge is 0.479 e. The van der Waals surface area contributed by atoms with E-state index in [-0.39, 0.29) is 12.5 Å². The topological polar surface area (TPSA) is 86.7 Å². The second-order valence-corrected chi connectivity index (χ2v) is 4.67. The van der Waals surface area contributed by atoms with Crippen LogP contribution in [0.4, 0.5) is 0 Å². The van der Waals surface area contributed by atoms with Crippen LogP contribution in [0.15, 0.2) is 30.3 Å². The number of hydrogen-bond donors (Lipinski definition) is 2. The van der Waals surface area contributed by atoms with Crippen molar-refractivity contribution in [2.75, 3.05) is 13.1 Å². The first-order valence-corrected chi connectivity index (χ1v) is 6.43. The summed E-state index contributed by atoms with van der Waals surface area (Å²) in [6.45, 7) is 0.463. The number of hydrogen-bond acceptors (Lipinski definition) is 3. The van der Waals surface area contributed by atoms with Crippen LogP contribution in [0, 0.1) is 0 Å². The van der Waals surface area contributed by atoms with Gasteiger partial charge in [-0.05, 0) is 12.0 Å². The summed E-state index contributed by atoms with van der Waals surface area (Å²) in [6, 6.07) is 7.37. The zero-order valence-corrected chi connectivity index (χ0v) is 10.9. The number of likely N-dealkylation sites (tertiary alicyclic amines) is 1. The fourth-order valence-corrected chi connectivity index (χ4v) is 2.18. The Morgan fingerprint density at radius 1 is 1.30 bits per heavy atom. The Balaban J connectivity index is 2.00.